The van der Waals surface area contributed by atoms with Crippen LogP contribution >= 0.6 is 11.3 Å². The Morgan fingerprint density at radius 1 is 1.22 bits per heavy atom. The SMILES string of the molecule is CCOC(=O)c1c(NCC(=O)c2ccc([N+](=O)[O-])cc2)sc(C(C)=O)c1C. The van der Waals surface area contributed by atoms with Crippen LogP contribution in [-0.2, 0) is 4.74 Å². The number of Topliss-reactive ketones (excluding diaryl/α,β-unsaturated/α-hetero) is 2. The molecule has 9 heteroatoms. The van der Waals surface area contributed by atoms with Crippen molar-refractivity contribution in [3.05, 3.63) is 55.9 Å². The summed E-state index contributed by atoms with van der Waals surface area (Å²) in [6, 6.07) is 5.24. The molecular weight excluding hydrogens is 372 g/mol. The Balaban J connectivity index is 2.22. The number of nitrogens with zero attached hydrogens (tertiary/aromatic N) is 1. The molecule has 0 aliphatic carbocycles. The number of carbonyl (C=O) groups excluding carboxylic acids is 3. The number of benzene rings is 1. The third kappa shape index (κ3) is 4.56. The Morgan fingerprint density at radius 3 is 2.37 bits per heavy atom. The highest BCUT2D eigenvalue weighted by Crippen LogP contribution is 2.34. The summed E-state index contributed by atoms with van der Waals surface area (Å²) < 4.78 is 5.04. The van der Waals surface area contributed by atoms with Crippen LogP contribution < -0.4 is 5.32 Å². The second kappa shape index (κ2) is 8.54. The zero-order valence-electron chi connectivity index (χ0n) is 15.0. The lowest BCUT2D eigenvalue weighted by molar-refractivity contribution is -0.384. The Kier molecular flexibility index (Phi) is 6.40. The van der Waals surface area contributed by atoms with Gasteiger partial charge in [-0.25, -0.2) is 4.79 Å². The van der Waals surface area contributed by atoms with Crippen LogP contribution in [0.2, 0.25) is 0 Å². The summed E-state index contributed by atoms with van der Waals surface area (Å²) in [5, 5.41) is 13.9. The molecule has 1 N–H and O–H groups in total. The Morgan fingerprint density at radius 2 is 1.85 bits per heavy atom. The van der Waals surface area contributed by atoms with E-state index in [-0.39, 0.29) is 36.0 Å². The molecule has 142 valence electrons. The Labute approximate surface area is 159 Å². The van der Waals surface area contributed by atoms with E-state index in [9.17, 15) is 24.5 Å². The van der Waals surface area contributed by atoms with Gasteiger partial charge in [-0.1, -0.05) is 0 Å². The summed E-state index contributed by atoms with van der Waals surface area (Å²) in [5.74, 6) is -1.06. The molecule has 0 unspecified atom stereocenters. The zero-order chi connectivity index (χ0) is 20.1. The van der Waals surface area contributed by atoms with E-state index in [0.717, 1.165) is 11.3 Å². The zero-order valence-corrected chi connectivity index (χ0v) is 15.8. The van der Waals surface area contributed by atoms with Gasteiger partial charge < -0.3 is 10.1 Å². The molecule has 0 radical (unpaired) electrons. The number of rotatable bonds is 8. The van der Waals surface area contributed by atoms with Crippen molar-refractivity contribution in [2.24, 2.45) is 0 Å². The number of non-ortho nitro benzene ring substituents is 1. The highest BCUT2D eigenvalue weighted by Gasteiger charge is 2.24. The van der Waals surface area contributed by atoms with Gasteiger partial charge in [0.05, 0.1) is 28.5 Å². The maximum atomic E-state index is 12.3. The van der Waals surface area contributed by atoms with E-state index in [0.29, 0.717) is 21.0 Å². The smallest absolute Gasteiger partial charge is 0.341 e. The Bertz CT molecular complexity index is 901. The van der Waals surface area contributed by atoms with Gasteiger partial charge in [0.2, 0.25) is 0 Å². The van der Waals surface area contributed by atoms with E-state index in [1.807, 2.05) is 0 Å². The molecule has 0 saturated carbocycles. The molecule has 0 aliphatic heterocycles. The molecule has 0 aliphatic rings. The van der Waals surface area contributed by atoms with Gasteiger partial charge in [0.15, 0.2) is 11.6 Å². The molecule has 0 fully saturated rings. The summed E-state index contributed by atoms with van der Waals surface area (Å²) in [5.41, 5.74) is 0.940. The lowest BCUT2D eigenvalue weighted by Crippen LogP contribution is -2.16. The first kappa shape index (κ1) is 20.2. The molecule has 27 heavy (non-hydrogen) atoms. The molecule has 2 rings (SSSR count). The average molecular weight is 390 g/mol. The molecule has 0 atom stereocenters. The summed E-state index contributed by atoms with van der Waals surface area (Å²) in [6.07, 6.45) is 0. The van der Waals surface area contributed by atoms with Gasteiger partial charge in [-0.15, -0.1) is 11.3 Å². The largest absolute Gasteiger partial charge is 0.462 e. The number of hydrogen-bond acceptors (Lipinski definition) is 8. The minimum absolute atomic E-state index is 0.107. The second-order valence-electron chi connectivity index (χ2n) is 5.62. The van der Waals surface area contributed by atoms with Crippen LogP contribution in [0.4, 0.5) is 10.7 Å². The first-order valence-electron chi connectivity index (χ1n) is 8.09. The van der Waals surface area contributed by atoms with Crippen LogP contribution in [0, 0.1) is 17.0 Å². The maximum absolute atomic E-state index is 12.3. The number of anilines is 1. The predicted octanol–water partition coefficient (Wildman–Crippen LogP) is 3.64. The number of carbonyl (C=O) groups is 3. The predicted molar refractivity (Wildman–Crippen MR) is 101 cm³/mol. The first-order valence-corrected chi connectivity index (χ1v) is 8.90. The molecule has 1 aromatic carbocycles. The van der Waals surface area contributed by atoms with E-state index < -0.39 is 10.9 Å². The molecule has 0 saturated heterocycles. The van der Waals surface area contributed by atoms with E-state index in [1.54, 1.807) is 13.8 Å². The normalized spacial score (nSPS) is 10.3. The van der Waals surface area contributed by atoms with Crippen molar-refractivity contribution in [1.29, 1.82) is 0 Å². The van der Waals surface area contributed by atoms with Crippen LogP contribution in [0.5, 0.6) is 0 Å². The maximum Gasteiger partial charge on any atom is 0.341 e. The summed E-state index contributed by atoms with van der Waals surface area (Å²) >= 11 is 1.09. The number of ketones is 2. The molecule has 1 heterocycles. The highest BCUT2D eigenvalue weighted by molar-refractivity contribution is 7.18. The summed E-state index contributed by atoms with van der Waals surface area (Å²) in [6.45, 7) is 4.78. The quantitative estimate of drug-likeness (QED) is 0.317. The average Bonchev–Trinajstić information content (AvgIpc) is 2.96. The third-order valence-electron chi connectivity index (χ3n) is 3.76. The van der Waals surface area contributed by atoms with Crippen molar-refractivity contribution in [3.63, 3.8) is 0 Å². The Hall–Kier alpha value is -3.07. The van der Waals surface area contributed by atoms with Gasteiger partial charge in [0.25, 0.3) is 5.69 Å². The molecule has 0 bridgehead atoms. The van der Waals surface area contributed by atoms with E-state index in [2.05, 4.69) is 5.32 Å². The van der Waals surface area contributed by atoms with Crippen LogP contribution in [0.1, 0.15) is 49.8 Å². The highest BCUT2D eigenvalue weighted by atomic mass is 32.1. The van der Waals surface area contributed by atoms with Crippen LogP contribution in [0.3, 0.4) is 0 Å². The number of nitrogens with one attached hydrogen (secondary N) is 1. The van der Waals surface area contributed by atoms with E-state index >= 15 is 0 Å². The fourth-order valence-electron chi connectivity index (χ4n) is 2.45. The standard InChI is InChI=1S/C18H18N2O6S/c1-4-26-18(23)15-10(2)16(11(3)21)27-17(15)19-9-14(22)12-5-7-13(8-6-12)20(24)25/h5-8,19H,4,9H2,1-3H3. The number of ether oxygens (including phenoxy) is 1. The van der Waals surface area contributed by atoms with E-state index in [1.165, 1.54) is 31.2 Å². The van der Waals surface area contributed by atoms with Gasteiger partial charge in [-0.2, -0.15) is 0 Å². The number of esters is 1. The fourth-order valence-corrected chi connectivity index (χ4v) is 3.54. The van der Waals surface area contributed by atoms with Gasteiger partial charge in [0, 0.05) is 17.7 Å². The molecule has 2 aromatic rings. The molecule has 8 nitrogen and oxygen atoms in total. The number of thiophene rings is 1. The van der Waals surface area contributed by atoms with Crippen molar-refractivity contribution >= 4 is 39.6 Å². The first-order chi connectivity index (χ1) is 12.8. The lowest BCUT2D eigenvalue weighted by Gasteiger charge is -2.07. The van der Waals surface area contributed by atoms with Crippen molar-refractivity contribution in [2.75, 3.05) is 18.5 Å². The third-order valence-corrected chi connectivity index (χ3v) is 5.11. The number of hydrogen-bond donors (Lipinski definition) is 1. The fraction of sp³-hybridized carbons (Fsp3) is 0.278. The van der Waals surface area contributed by atoms with Crippen LogP contribution in [0.25, 0.3) is 0 Å². The minimum Gasteiger partial charge on any atom is -0.462 e. The topological polar surface area (TPSA) is 116 Å². The number of nitro groups is 1. The van der Waals surface area contributed by atoms with Crippen molar-refractivity contribution in [2.45, 2.75) is 20.8 Å². The molecule has 1 aromatic heterocycles. The molecule has 0 amide bonds. The second-order valence-corrected chi connectivity index (χ2v) is 6.64. The van der Waals surface area contributed by atoms with E-state index in [4.69, 9.17) is 4.74 Å². The van der Waals surface area contributed by atoms with Crippen molar-refractivity contribution in [1.82, 2.24) is 0 Å². The van der Waals surface area contributed by atoms with Gasteiger partial charge in [0.1, 0.15) is 5.00 Å². The van der Waals surface area contributed by atoms with Gasteiger partial charge in [-0.05, 0) is 38.5 Å². The van der Waals surface area contributed by atoms with Crippen molar-refractivity contribution < 1.29 is 24.0 Å². The lowest BCUT2D eigenvalue weighted by atomic mass is 10.1. The molecular formula is C18H18N2O6S. The minimum atomic E-state index is -0.566. The van der Waals surface area contributed by atoms with Gasteiger partial charge >= 0.3 is 5.97 Å². The van der Waals surface area contributed by atoms with Crippen LogP contribution in [-0.4, -0.2) is 35.6 Å². The van der Waals surface area contributed by atoms with Crippen molar-refractivity contribution in [3.8, 4) is 0 Å². The molecule has 0 spiro atoms. The summed E-state index contributed by atoms with van der Waals surface area (Å²) in [4.78, 5) is 46.9. The summed E-state index contributed by atoms with van der Waals surface area (Å²) in [7, 11) is 0. The number of nitro benzene ring substituents is 1. The van der Waals surface area contributed by atoms with Gasteiger partial charge in [-0.3, -0.25) is 19.7 Å². The van der Waals surface area contributed by atoms with Crippen LogP contribution in [0.15, 0.2) is 24.3 Å². The monoisotopic (exact) mass is 390 g/mol.